The monoisotopic (exact) mass is 288 g/mol. The molecule has 3 N–H and O–H groups in total. The average molecular weight is 289 g/mol. The zero-order chi connectivity index (χ0) is 13.3. The van der Waals surface area contributed by atoms with Crippen LogP contribution in [-0.2, 0) is 0 Å². The first kappa shape index (κ1) is 12.9. The summed E-state index contributed by atoms with van der Waals surface area (Å²) in [4.78, 5) is 0. The number of nitrogen functional groups attached to an aromatic ring is 1. The third-order valence-corrected chi connectivity index (χ3v) is 2.90. The largest absolute Gasteiger partial charge is 0.397 e. The highest BCUT2D eigenvalue weighted by Gasteiger charge is 2.08. The van der Waals surface area contributed by atoms with Gasteiger partial charge in [0.1, 0.15) is 11.6 Å². The highest BCUT2D eigenvalue weighted by Crippen LogP contribution is 2.31. The summed E-state index contributed by atoms with van der Waals surface area (Å²) in [5.74, 6) is -1.06. The highest BCUT2D eigenvalue weighted by atomic mass is 35.5. The zero-order valence-corrected chi connectivity index (χ0v) is 10.5. The molecule has 18 heavy (non-hydrogen) atoms. The highest BCUT2D eigenvalue weighted by molar-refractivity contribution is 6.33. The average Bonchev–Trinajstić information content (AvgIpc) is 2.29. The fraction of sp³-hybridized carbons (Fsp3) is 0. The SMILES string of the molecule is Nc1cc(Cl)c(F)cc1Nc1ccc(F)cc1Cl. The summed E-state index contributed by atoms with van der Waals surface area (Å²) >= 11 is 11.4. The number of anilines is 3. The number of nitrogens with two attached hydrogens (primary N) is 1. The molecule has 6 heteroatoms. The fourth-order valence-corrected chi connectivity index (χ4v) is 1.79. The molecule has 0 aliphatic heterocycles. The van der Waals surface area contributed by atoms with Gasteiger partial charge in [0, 0.05) is 6.07 Å². The van der Waals surface area contributed by atoms with Crippen LogP contribution in [0.3, 0.4) is 0 Å². The van der Waals surface area contributed by atoms with Crippen molar-refractivity contribution < 1.29 is 8.78 Å². The van der Waals surface area contributed by atoms with E-state index in [4.69, 9.17) is 28.9 Å². The van der Waals surface area contributed by atoms with Gasteiger partial charge in [-0.15, -0.1) is 0 Å². The standard InChI is InChI=1S/C12H8Cl2F2N2/c13-7-4-10(17)12(5-9(7)16)18-11-2-1-6(15)3-8(11)14/h1-5,18H,17H2. The summed E-state index contributed by atoms with van der Waals surface area (Å²) in [7, 11) is 0. The molecule has 0 aliphatic carbocycles. The number of benzene rings is 2. The van der Waals surface area contributed by atoms with Gasteiger partial charge in [0.2, 0.25) is 0 Å². The second kappa shape index (κ2) is 5.00. The number of rotatable bonds is 2. The van der Waals surface area contributed by atoms with E-state index in [1.165, 1.54) is 18.2 Å². The minimum absolute atomic E-state index is 0.0664. The van der Waals surface area contributed by atoms with Crippen molar-refractivity contribution in [1.29, 1.82) is 0 Å². The van der Waals surface area contributed by atoms with Crippen LogP contribution >= 0.6 is 23.2 Å². The topological polar surface area (TPSA) is 38.0 Å². The lowest BCUT2D eigenvalue weighted by molar-refractivity contribution is 0.627. The fourth-order valence-electron chi connectivity index (χ4n) is 1.41. The molecule has 0 saturated heterocycles. The predicted octanol–water partition coefficient (Wildman–Crippen LogP) is 4.60. The summed E-state index contributed by atoms with van der Waals surface area (Å²) in [5.41, 5.74) is 6.69. The van der Waals surface area contributed by atoms with Crippen molar-refractivity contribution in [2.45, 2.75) is 0 Å². The van der Waals surface area contributed by atoms with E-state index in [2.05, 4.69) is 5.32 Å². The number of hydrogen-bond donors (Lipinski definition) is 2. The van der Waals surface area contributed by atoms with Gasteiger partial charge in [0.05, 0.1) is 27.1 Å². The maximum Gasteiger partial charge on any atom is 0.144 e. The summed E-state index contributed by atoms with van der Waals surface area (Å²) in [6, 6.07) is 6.25. The summed E-state index contributed by atoms with van der Waals surface area (Å²) in [5, 5.41) is 2.92. The Hall–Kier alpha value is -1.52. The van der Waals surface area contributed by atoms with Gasteiger partial charge in [-0.2, -0.15) is 0 Å². The first-order chi connectivity index (χ1) is 8.47. The predicted molar refractivity (Wildman–Crippen MR) is 70.5 cm³/mol. The van der Waals surface area contributed by atoms with E-state index in [0.29, 0.717) is 11.4 Å². The van der Waals surface area contributed by atoms with Crippen molar-refractivity contribution >= 4 is 40.3 Å². The van der Waals surface area contributed by atoms with Gasteiger partial charge in [-0.05, 0) is 24.3 Å². The van der Waals surface area contributed by atoms with Crippen LogP contribution in [0.15, 0.2) is 30.3 Å². The Morgan fingerprint density at radius 3 is 2.33 bits per heavy atom. The van der Waals surface area contributed by atoms with Crippen molar-refractivity contribution in [3.05, 3.63) is 52.0 Å². The summed E-state index contributed by atoms with van der Waals surface area (Å²) in [6.45, 7) is 0. The van der Waals surface area contributed by atoms with Gasteiger partial charge >= 0.3 is 0 Å². The molecule has 0 heterocycles. The van der Waals surface area contributed by atoms with E-state index in [0.717, 1.165) is 12.1 Å². The normalized spacial score (nSPS) is 10.4. The van der Waals surface area contributed by atoms with E-state index in [-0.39, 0.29) is 15.7 Å². The lowest BCUT2D eigenvalue weighted by atomic mass is 10.2. The molecule has 0 saturated carbocycles. The molecule has 0 atom stereocenters. The first-order valence-electron chi connectivity index (χ1n) is 4.94. The second-order valence-electron chi connectivity index (χ2n) is 3.60. The number of hydrogen-bond acceptors (Lipinski definition) is 2. The van der Waals surface area contributed by atoms with E-state index in [1.54, 1.807) is 0 Å². The molecule has 0 aromatic heterocycles. The Morgan fingerprint density at radius 1 is 0.944 bits per heavy atom. The van der Waals surface area contributed by atoms with Gasteiger partial charge in [-0.1, -0.05) is 23.2 Å². The molecular formula is C12H8Cl2F2N2. The Morgan fingerprint density at radius 2 is 1.67 bits per heavy atom. The van der Waals surface area contributed by atoms with E-state index < -0.39 is 11.6 Å². The lowest BCUT2D eigenvalue weighted by Gasteiger charge is -2.11. The third-order valence-electron chi connectivity index (χ3n) is 2.29. The molecule has 0 bridgehead atoms. The van der Waals surface area contributed by atoms with Crippen LogP contribution in [-0.4, -0.2) is 0 Å². The molecule has 0 unspecified atom stereocenters. The van der Waals surface area contributed by atoms with E-state index in [9.17, 15) is 8.78 Å². The maximum atomic E-state index is 13.3. The van der Waals surface area contributed by atoms with Crippen LogP contribution < -0.4 is 11.1 Å². The first-order valence-corrected chi connectivity index (χ1v) is 5.69. The van der Waals surface area contributed by atoms with Crippen LogP contribution in [0.4, 0.5) is 25.8 Å². The van der Waals surface area contributed by atoms with Gasteiger partial charge in [0.15, 0.2) is 0 Å². The van der Waals surface area contributed by atoms with Crippen LogP contribution in [0.25, 0.3) is 0 Å². The lowest BCUT2D eigenvalue weighted by Crippen LogP contribution is -1.98. The molecule has 0 fully saturated rings. The molecule has 0 amide bonds. The van der Waals surface area contributed by atoms with Crippen LogP contribution in [0.2, 0.25) is 10.0 Å². The van der Waals surface area contributed by atoms with Crippen molar-refractivity contribution in [2.75, 3.05) is 11.1 Å². The van der Waals surface area contributed by atoms with Gasteiger partial charge in [0.25, 0.3) is 0 Å². The van der Waals surface area contributed by atoms with Crippen molar-refractivity contribution in [2.24, 2.45) is 0 Å². The van der Waals surface area contributed by atoms with Gasteiger partial charge < -0.3 is 11.1 Å². The maximum absolute atomic E-state index is 13.3. The number of nitrogens with one attached hydrogen (secondary N) is 1. The molecular weight excluding hydrogens is 281 g/mol. The minimum Gasteiger partial charge on any atom is -0.397 e. The second-order valence-corrected chi connectivity index (χ2v) is 4.42. The minimum atomic E-state index is -0.605. The summed E-state index contributed by atoms with van der Waals surface area (Å²) in [6.07, 6.45) is 0. The Kier molecular flexibility index (Phi) is 3.59. The summed E-state index contributed by atoms with van der Waals surface area (Å²) < 4.78 is 26.2. The van der Waals surface area contributed by atoms with E-state index in [1.807, 2.05) is 0 Å². The smallest absolute Gasteiger partial charge is 0.144 e. The van der Waals surface area contributed by atoms with E-state index >= 15 is 0 Å². The van der Waals surface area contributed by atoms with Gasteiger partial charge in [-0.3, -0.25) is 0 Å². The molecule has 2 aromatic carbocycles. The molecule has 2 aromatic rings. The molecule has 2 nitrogen and oxygen atoms in total. The molecule has 0 aliphatic rings. The quantitative estimate of drug-likeness (QED) is 0.793. The van der Waals surface area contributed by atoms with Crippen molar-refractivity contribution in [3.63, 3.8) is 0 Å². The number of halogens is 4. The Labute approximate surface area is 112 Å². The van der Waals surface area contributed by atoms with Crippen LogP contribution in [0, 0.1) is 11.6 Å². The molecule has 2 rings (SSSR count). The van der Waals surface area contributed by atoms with Crippen molar-refractivity contribution in [1.82, 2.24) is 0 Å². The zero-order valence-electron chi connectivity index (χ0n) is 8.98. The van der Waals surface area contributed by atoms with Gasteiger partial charge in [-0.25, -0.2) is 8.78 Å². The third kappa shape index (κ3) is 2.66. The molecule has 0 spiro atoms. The molecule has 94 valence electrons. The molecule has 0 radical (unpaired) electrons. The Bertz CT molecular complexity index is 603. The van der Waals surface area contributed by atoms with Crippen LogP contribution in [0.5, 0.6) is 0 Å². The van der Waals surface area contributed by atoms with Crippen molar-refractivity contribution in [3.8, 4) is 0 Å². The van der Waals surface area contributed by atoms with Crippen LogP contribution in [0.1, 0.15) is 0 Å². The Balaban J connectivity index is 2.37.